The van der Waals surface area contributed by atoms with Crippen molar-refractivity contribution in [3.05, 3.63) is 29.3 Å². The fourth-order valence-electron chi connectivity index (χ4n) is 1.90. The van der Waals surface area contributed by atoms with Gasteiger partial charge < -0.3 is 5.32 Å². The van der Waals surface area contributed by atoms with E-state index in [-0.39, 0.29) is 0 Å². The second-order valence-electron chi connectivity index (χ2n) is 3.98. The van der Waals surface area contributed by atoms with Gasteiger partial charge in [-0.3, -0.25) is 0 Å². The Balaban J connectivity index is 2.41. The van der Waals surface area contributed by atoms with Gasteiger partial charge in [-0.05, 0) is 24.1 Å². The Bertz CT molecular complexity index is 355. The fraction of sp³-hybridized carbons (Fsp3) is 0.455. The zero-order chi connectivity index (χ0) is 10.3. The maximum Gasteiger partial charge on any atom is 0.253 e. The van der Waals surface area contributed by atoms with Crippen molar-refractivity contribution in [1.82, 2.24) is 0 Å². The van der Waals surface area contributed by atoms with E-state index in [9.17, 15) is 8.78 Å². The quantitative estimate of drug-likeness (QED) is 0.729. The summed E-state index contributed by atoms with van der Waals surface area (Å²) in [6, 6.07) is 5.60. The van der Waals surface area contributed by atoms with Gasteiger partial charge in [-0.1, -0.05) is 12.1 Å². The zero-order valence-electron chi connectivity index (χ0n) is 8.27. The molecule has 14 heavy (non-hydrogen) atoms. The van der Waals surface area contributed by atoms with Gasteiger partial charge >= 0.3 is 0 Å². The van der Waals surface area contributed by atoms with Gasteiger partial charge in [-0.2, -0.15) is 0 Å². The first-order valence-electron chi connectivity index (χ1n) is 4.71. The molecule has 0 aromatic heterocycles. The lowest BCUT2D eigenvalue weighted by atomic mass is 9.95. The Hall–Kier alpha value is -1.12. The van der Waals surface area contributed by atoms with E-state index < -0.39 is 11.8 Å². The lowest BCUT2D eigenvalue weighted by molar-refractivity contribution is -0.00185. The average molecular weight is 197 g/mol. The molecule has 1 atom stereocenters. The van der Waals surface area contributed by atoms with Crippen LogP contribution in [-0.4, -0.2) is 12.5 Å². The third kappa shape index (κ3) is 1.47. The Morgan fingerprint density at radius 3 is 2.79 bits per heavy atom. The second-order valence-corrected chi connectivity index (χ2v) is 3.98. The van der Waals surface area contributed by atoms with Gasteiger partial charge in [0.25, 0.3) is 5.92 Å². The molecule has 0 saturated heterocycles. The number of nitrogens with one attached hydrogen (secondary N) is 1. The molecule has 1 unspecified atom stereocenters. The average Bonchev–Trinajstić information content (AvgIpc) is 2.45. The molecule has 0 amide bonds. The molecule has 3 heteroatoms. The van der Waals surface area contributed by atoms with Crippen molar-refractivity contribution in [3.8, 4) is 0 Å². The first-order chi connectivity index (χ1) is 6.48. The molecule has 2 rings (SSSR count). The summed E-state index contributed by atoms with van der Waals surface area (Å²) in [5.41, 5.74) is 2.69. The molecule has 1 aromatic carbocycles. The van der Waals surface area contributed by atoms with Crippen LogP contribution in [0.15, 0.2) is 18.2 Å². The summed E-state index contributed by atoms with van der Waals surface area (Å²) in [5.74, 6) is -3.33. The molecule has 1 N–H and O–H groups in total. The molecule has 0 bridgehead atoms. The predicted octanol–water partition coefficient (Wildman–Crippen LogP) is 3.16. The number of alkyl halides is 2. The van der Waals surface area contributed by atoms with Gasteiger partial charge in [0.2, 0.25) is 0 Å². The summed E-state index contributed by atoms with van der Waals surface area (Å²) in [6.07, 6.45) is 0. The van der Waals surface area contributed by atoms with Crippen LogP contribution in [0.4, 0.5) is 14.5 Å². The van der Waals surface area contributed by atoms with E-state index in [4.69, 9.17) is 0 Å². The minimum absolute atomic E-state index is 0.336. The van der Waals surface area contributed by atoms with E-state index >= 15 is 0 Å². The molecule has 0 radical (unpaired) electrons. The Morgan fingerprint density at radius 2 is 2.14 bits per heavy atom. The van der Waals surface area contributed by atoms with Crippen molar-refractivity contribution in [1.29, 1.82) is 0 Å². The predicted molar refractivity (Wildman–Crippen MR) is 53.0 cm³/mol. The van der Waals surface area contributed by atoms with Crippen molar-refractivity contribution >= 4 is 5.69 Å². The minimum atomic E-state index is -2.65. The Morgan fingerprint density at radius 1 is 1.43 bits per heavy atom. The van der Waals surface area contributed by atoms with Crippen molar-refractivity contribution in [2.45, 2.75) is 25.7 Å². The summed E-state index contributed by atoms with van der Waals surface area (Å²) in [4.78, 5) is 0. The molecule has 0 fully saturated rings. The standard InChI is InChI=1S/C11H13F2N/c1-7-3-4-8-9(11(2,12)13)6-14-10(8)5-7/h3-5,9,14H,6H2,1-2H3. The lowest BCUT2D eigenvalue weighted by Crippen LogP contribution is -2.23. The number of anilines is 1. The third-order valence-corrected chi connectivity index (χ3v) is 2.69. The normalized spacial score (nSPS) is 20.4. The van der Waals surface area contributed by atoms with Crippen molar-refractivity contribution in [2.75, 3.05) is 11.9 Å². The van der Waals surface area contributed by atoms with Crippen LogP contribution in [0.5, 0.6) is 0 Å². The van der Waals surface area contributed by atoms with Gasteiger partial charge in [-0.25, -0.2) is 8.78 Å². The maximum absolute atomic E-state index is 13.2. The molecule has 1 aromatic rings. The Labute approximate surface area is 82.1 Å². The van der Waals surface area contributed by atoms with Gasteiger partial charge in [0.15, 0.2) is 0 Å². The molecule has 1 heterocycles. The smallest absolute Gasteiger partial charge is 0.253 e. The van der Waals surface area contributed by atoms with E-state index in [1.807, 2.05) is 19.1 Å². The monoisotopic (exact) mass is 197 g/mol. The number of hydrogen-bond donors (Lipinski definition) is 1. The van der Waals surface area contributed by atoms with Crippen molar-refractivity contribution in [2.24, 2.45) is 0 Å². The number of halogens is 2. The molecule has 1 aliphatic rings. The van der Waals surface area contributed by atoms with Crippen LogP contribution in [0.2, 0.25) is 0 Å². The zero-order valence-corrected chi connectivity index (χ0v) is 8.27. The highest BCUT2D eigenvalue weighted by molar-refractivity contribution is 5.59. The SMILES string of the molecule is Cc1ccc2c(c1)NCC2C(C)(F)F. The highest BCUT2D eigenvalue weighted by atomic mass is 19.3. The molecule has 0 aliphatic carbocycles. The molecular formula is C11H13F2N. The van der Waals surface area contributed by atoms with E-state index in [1.165, 1.54) is 0 Å². The fourth-order valence-corrected chi connectivity index (χ4v) is 1.90. The number of hydrogen-bond acceptors (Lipinski definition) is 1. The first-order valence-corrected chi connectivity index (χ1v) is 4.71. The lowest BCUT2D eigenvalue weighted by Gasteiger charge is -2.18. The summed E-state index contributed by atoms with van der Waals surface area (Å²) < 4.78 is 26.3. The van der Waals surface area contributed by atoms with Crippen LogP contribution in [0.3, 0.4) is 0 Å². The van der Waals surface area contributed by atoms with Crippen molar-refractivity contribution < 1.29 is 8.78 Å². The van der Waals surface area contributed by atoms with Crippen LogP contribution in [0.25, 0.3) is 0 Å². The van der Waals surface area contributed by atoms with Gasteiger partial charge in [0.05, 0.1) is 5.92 Å². The van der Waals surface area contributed by atoms with E-state index in [0.717, 1.165) is 23.7 Å². The van der Waals surface area contributed by atoms with Gasteiger partial charge in [0.1, 0.15) is 0 Å². The van der Waals surface area contributed by atoms with Crippen LogP contribution in [0, 0.1) is 6.92 Å². The molecule has 0 spiro atoms. The maximum atomic E-state index is 13.2. The number of aryl methyl sites for hydroxylation is 1. The summed E-state index contributed by atoms with van der Waals surface area (Å²) in [5, 5.41) is 3.02. The first kappa shape index (κ1) is 9.44. The molecule has 0 saturated carbocycles. The number of rotatable bonds is 1. The number of fused-ring (bicyclic) bond motifs is 1. The van der Waals surface area contributed by atoms with Gasteiger partial charge in [-0.15, -0.1) is 0 Å². The number of benzene rings is 1. The topological polar surface area (TPSA) is 12.0 Å². The van der Waals surface area contributed by atoms with Crippen LogP contribution >= 0.6 is 0 Å². The van der Waals surface area contributed by atoms with E-state index in [2.05, 4.69) is 5.32 Å². The Kier molecular flexibility index (Phi) is 1.98. The summed E-state index contributed by atoms with van der Waals surface area (Å²) in [6.45, 7) is 3.27. The van der Waals surface area contributed by atoms with Gasteiger partial charge in [0, 0.05) is 19.2 Å². The van der Waals surface area contributed by atoms with E-state index in [0.29, 0.717) is 6.54 Å². The highest BCUT2D eigenvalue weighted by Crippen LogP contribution is 2.41. The largest absolute Gasteiger partial charge is 0.384 e. The molecule has 1 nitrogen and oxygen atoms in total. The minimum Gasteiger partial charge on any atom is -0.384 e. The van der Waals surface area contributed by atoms with Crippen LogP contribution in [0.1, 0.15) is 24.0 Å². The summed E-state index contributed by atoms with van der Waals surface area (Å²) in [7, 11) is 0. The second kappa shape index (κ2) is 2.94. The third-order valence-electron chi connectivity index (χ3n) is 2.69. The van der Waals surface area contributed by atoms with E-state index in [1.54, 1.807) is 6.07 Å². The van der Waals surface area contributed by atoms with Crippen molar-refractivity contribution in [3.63, 3.8) is 0 Å². The molecular weight excluding hydrogens is 184 g/mol. The molecule has 1 aliphatic heterocycles. The molecule has 76 valence electrons. The van der Waals surface area contributed by atoms with Crippen LogP contribution < -0.4 is 5.32 Å². The van der Waals surface area contributed by atoms with Crippen LogP contribution in [-0.2, 0) is 0 Å². The summed E-state index contributed by atoms with van der Waals surface area (Å²) >= 11 is 0. The highest BCUT2D eigenvalue weighted by Gasteiger charge is 2.39.